The highest BCUT2D eigenvalue weighted by Crippen LogP contribution is 2.24. The zero-order valence-corrected chi connectivity index (χ0v) is 13.7. The van der Waals surface area contributed by atoms with Crippen LogP contribution in [0.25, 0.3) is 0 Å². The summed E-state index contributed by atoms with van der Waals surface area (Å²) in [5.41, 5.74) is 3.02. The van der Waals surface area contributed by atoms with Gasteiger partial charge in [0.15, 0.2) is 0 Å². The predicted octanol–water partition coefficient (Wildman–Crippen LogP) is 4.70. The van der Waals surface area contributed by atoms with E-state index in [0.717, 1.165) is 21.9 Å². The molecular weight excluding hydrogens is 304 g/mol. The van der Waals surface area contributed by atoms with Crippen molar-refractivity contribution in [3.63, 3.8) is 0 Å². The number of nitrogens with one attached hydrogen (secondary N) is 1. The number of anilines is 3. The molecule has 0 radical (unpaired) electrons. The number of para-hydroxylation sites is 1. The van der Waals surface area contributed by atoms with Crippen molar-refractivity contribution in [2.75, 3.05) is 17.3 Å². The second-order valence-electron chi connectivity index (χ2n) is 5.25. The van der Waals surface area contributed by atoms with Crippen molar-refractivity contribution >= 4 is 34.3 Å². The maximum atomic E-state index is 12.0. The van der Waals surface area contributed by atoms with Crippen molar-refractivity contribution < 1.29 is 4.79 Å². The second-order valence-corrected chi connectivity index (χ2v) is 6.28. The number of carbonyl (C=O) groups is 1. The number of carbonyl (C=O) groups excluding carboxylic acids is 1. The average molecular weight is 322 g/mol. The van der Waals surface area contributed by atoms with Crippen molar-refractivity contribution in [3.8, 4) is 0 Å². The first kappa shape index (κ1) is 15.3. The van der Waals surface area contributed by atoms with Crippen LogP contribution in [0.5, 0.6) is 0 Å². The molecule has 0 aliphatic rings. The number of hydrogen-bond acceptors (Lipinski definition) is 3. The molecule has 0 aliphatic heterocycles. The molecule has 0 aliphatic carbocycles. The minimum Gasteiger partial charge on any atom is -0.345 e. The summed E-state index contributed by atoms with van der Waals surface area (Å²) in [5.74, 6) is 0.0108. The summed E-state index contributed by atoms with van der Waals surface area (Å²) in [6.07, 6.45) is 0.420. The third-order valence-electron chi connectivity index (χ3n) is 3.60. The van der Waals surface area contributed by atoms with E-state index in [2.05, 4.69) is 22.3 Å². The molecule has 3 aromatic rings. The molecule has 1 N–H and O–H groups in total. The Labute approximate surface area is 140 Å². The Kier molecular flexibility index (Phi) is 4.74. The molecule has 2 aromatic carbocycles. The number of rotatable bonds is 5. The van der Waals surface area contributed by atoms with Crippen LogP contribution in [0, 0.1) is 0 Å². The van der Waals surface area contributed by atoms with E-state index in [1.165, 1.54) is 0 Å². The highest BCUT2D eigenvalue weighted by molar-refractivity contribution is 7.10. The van der Waals surface area contributed by atoms with Gasteiger partial charge in [0, 0.05) is 29.0 Å². The summed E-state index contributed by atoms with van der Waals surface area (Å²) in [6.45, 7) is 0. The summed E-state index contributed by atoms with van der Waals surface area (Å²) in [6, 6.07) is 22.0. The molecule has 0 saturated heterocycles. The smallest absolute Gasteiger partial charge is 0.229 e. The van der Waals surface area contributed by atoms with E-state index in [-0.39, 0.29) is 5.91 Å². The van der Waals surface area contributed by atoms with Gasteiger partial charge in [0.05, 0.1) is 6.42 Å². The van der Waals surface area contributed by atoms with Gasteiger partial charge in [-0.3, -0.25) is 4.79 Å². The van der Waals surface area contributed by atoms with E-state index in [4.69, 9.17) is 0 Å². The molecule has 0 spiro atoms. The van der Waals surface area contributed by atoms with Gasteiger partial charge < -0.3 is 10.2 Å². The third kappa shape index (κ3) is 3.99. The van der Waals surface area contributed by atoms with E-state index in [0.29, 0.717) is 6.42 Å². The van der Waals surface area contributed by atoms with E-state index < -0.39 is 0 Å². The van der Waals surface area contributed by atoms with Crippen molar-refractivity contribution in [1.82, 2.24) is 0 Å². The molecule has 0 atom stereocenters. The maximum Gasteiger partial charge on any atom is 0.229 e. The predicted molar refractivity (Wildman–Crippen MR) is 97.6 cm³/mol. The summed E-state index contributed by atoms with van der Waals surface area (Å²) >= 11 is 1.60. The van der Waals surface area contributed by atoms with E-state index >= 15 is 0 Å². The zero-order chi connectivity index (χ0) is 16.1. The fourth-order valence-corrected chi connectivity index (χ4v) is 3.05. The van der Waals surface area contributed by atoms with Gasteiger partial charge in [0.1, 0.15) is 0 Å². The number of hydrogen-bond donors (Lipinski definition) is 1. The molecule has 1 aromatic heterocycles. The Hall–Kier alpha value is -2.59. The molecule has 0 fully saturated rings. The maximum absolute atomic E-state index is 12.0. The largest absolute Gasteiger partial charge is 0.345 e. The quantitative estimate of drug-likeness (QED) is 0.738. The third-order valence-corrected chi connectivity index (χ3v) is 4.47. The minimum atomic E-state index is 0.0108. The topological polar surface area (TPSA) is 32.3 Å². The lowest BCUT2D eigenvalue weighted by atomic mass is 10.2. The van der Waals surface area contributed by atoms with Crippen molar-refractivity contribution in [1.29, 1.82) is 0 Å². The van der Waals surface area contributed by atoms with Crippen molar-refractivity contribution in [2.45, 2.75) is 6.42 Å². The lowest BCUT2D eigenvalue weighted by Crippen LogP contribution is -2.14. The molecule has 116 valence electrons. The van der Waals surface area contributed by atoms with Crippen molar-refractivity contribution in [3.05, 3.63) is 77.0 Å². The van der Waals surface area contributed by atoms with Gasteiger partial charge in [-0.25, -0.2) is 0 Å². The number of amides is 1. The zero-order valence-electron chi connectivity index (χ0n) is 12.9. The molecule has 0 bridgehead atoms. The van der Waals surface area contributed by atoms with Gasteiger partial charge in [0.2, 0.25) is 5.91 Å². The van der Waals surface area contributed by atoms with E-state index in [1.807, 2.05) is 67.0 Å². The monoisotopic (exact) mass is 322 g/mol. The van der Waals surface area contributed by atoms with Crippen LogP contribution >= 0.6 is 11.3 Å². The Balaban J connectivity index is 1.64. The van der Waals surface area contributed by atoms with Crippen LogP contribution in [0.15, 0.2) is 72.1 Å². The van der Waals surface area contributed by atoms with Crippen LogP contribution in [-0.2, 0) is 11.2 Å². The SMILES string of the molecule is CN(c1ccccc1)c1ccc(NC(=O)Cc2cccs2)cc1. The summed E-state index contributed by atoms with van der Waals surface area (Å²) in [7, 11) is 2.03. The normalized spacial score (nSPS) is 10.3. The van der Waals surface area contributed by atoms with Crippen LogP contribution in [0.4, 0.5) is 17.1 Å². The fraction of sp³-hybridized carbons (Fsp3) is 0.105. The first-order valence-electron chi connectivity index (χ1n) is 7.43. The highest BCUT2D eigenvalue weighted by atomic mass is 32.1. The minimum absolute atomic E-state index is 0.0108. The Bertz CT molecular complexity index is 752. The molecule has 3 nitrogen and oxygen atoms in total. The van der Waals surface area contributed by atoms with Gasteiger partial charge in [-0.2, -0.15) is 0 Å². The van der Waals surface area contributed by atoms with Gasteiger partial charge >= 0.3 is 0 Å². The Morgan fingerprint density at radius 1 is 0.957 bits per heavy atom. The molecular formula is C19H18N2OS. The standard InChI is InChI=1S/C19H18N2OS/c1-21(16-6-3-2-4-7-16)17-11-9-15(10-12-17)20-19(22)14-18-8-5-13-23-18/h2-13H,14H2,1H3,(H,20,22). The molecule has 1 amide bonds. The van der Waals surface area contributed by atoms with E-state index in [9.17, 15) is 4.79 Å². The van der Waals surface area contributed by atoms with Crippen LogP contribution in [0.1, 0.15) is 4.88 Å². The number of benzene rings is 2. The lowest BCUT2D eigenvalue weighted by Gasteiger charge is -2.19. The summed E-state index contributed by atoms with van der Waals surface area (Å²) in [4.78, 5) is 15.2. The van der Waals surface area contributed by atoms with Gasteiger partial charge in [-0.15, -0.1) is 11.3 Å². The molecule has 4 heteroatoms. The molecule has 3 rings (SSSR count). The van der Waals surface area contributed by atoms with Gasteiger partial charge in [-0.1, -0.05) is 24.3 Å². The molecule has 0 unspecified atom stereocenters. The Morgan fingerprint density at radius 2 is 1.65 bits per heavy atom. The van der Waals surface area contributed by atoms with Crippen LogP contribution in [0.3, 0.4) is 0 Å². The van der Waals surface area contributed by atoms with E-state index in [1.54, 1.807) is 11.3 Å². The Morgan fingerprint density at radius 3 is 2.30 bits per heavy atom. The fourth-order valence-electron chi connectivity index (χ4n) is 2.35. The second kappa shape index (κ2) is 7.11. The average Bonchev–Trinajstić information content (AvgIpc) is 3.08. The number of nitrogens with zero attached hydrogens (tertiary/aromatic N) is 1. The first-order valence-corrected chi connectivity index (χ1v) is 8.31. The molecule has 23 heavy (non-hydrogen) atoms. The highest BCUT2D eigenvalue weighted by Gasteiger charge is 2.06. The molecule has 1 heterocycles. The lowest BCUT2D eigenvalue weighted by molar-refractivity contribution is -0.115. The van der Waals surface area contributed by atoms with Gasteiger partial charge in [0.25, 0.3) is 0 Å². The summed E-state index contributed by atoms with van der Waals surface area (Å²) in [5, 5.41) is 4.92. The molecule has 0 saturated carbocycles. The van der Waals surface area contributed by atoms with Gasteiger partial charge in [-0.05, 0) is 47.8 Å². The first-order chi connectivity index (χ1) is 11.2. The van der Waals surface area contributed by atoms with Crippen molar-refractivity contribution in [2.24, 2.45) is 0 Å². The number of thiophene rings is 1. The van der Waals surface area contributed by atoms with Crippen LogP contribution in [-0.4, -0.2) is 13.0 Å². The summed E-state index contributed by atoms with van der Waals surface area (Å²) < 4.78 is 0. The van der Waals surface area contributed by atoms with Crippen LogP contribution in [0.2, 0.25) is 0 Å². The van der Waals surface area contributed by atoms with Crippen LogP contribution < -0.4 is 10.2 Å².